The Morgan fingerprint density at radius 3 is 0.534 bits per heavy atom. The molecule has 0 amide bonds. The first-order valence-electron chi connectivity index (χ1n) is 32.2. The second kappa shape index (κ2) is 125. The van der Waals surface area contributed by atoms with Crippen molar-refractivity contribution >= 4 is 0 Å². The third kappa shape index (κ3) is 110. The lowest BCUT2D eigenvalue weighted by atomic mass is 10.3. The van der Waals surface area contributed by atoms with Crippen molar-refractivity contribution in [2.45, 2.75) is 235 Å². The van der Waals surface area contributed by atoms with Crippen LogP contribution in [0, 0.1) is 0 Å². The van der Waals surface area contributed by atoms with Crippen LogP contribution >= 0.6 is 0 Å². The minimum Gasteiger partial charge on any atom is -0.379 e. The van der Waals surface area contributed by atoms with E-state index in [4.69, 9.17) is 123 Å². The Hall–Kier alpha value is -1.16. The molecule has 0 fully saturated rings. The van der Waals surface area contributed by atoms with Crippen LogP contribution in [0.25, 0.3) is 0 Å². The van der Waals surface area contributed by atoms with Gasteiger partial charge in [0.15, 0.2) is 0 Å². The van der Waals surface area contributed by atoms with Gasteiger partial charge in [-0.25, -0.2) is 21.9 Å². The topological polar surface area (TPSA) is 346 Å². The van der Waals surface area contributed by atoms with Gasteiger partial charge in [0.1, 0.15) is 36.6 Å². The summed E-state index contributed by atoms with van der Waals surface area (Å²) < 4.78 is 105. The summed E-state index contributed by atoms with van der Waals surface area (Å²) in [5, 5.41) is 0. The SMILES string of the molecule is C.C.C.C.C.C.C.C.C.C.C.C.C.C.C.C.CCCNOCCOCC(COCCONCCC)OCC(COC(COCCONCCC)COCCONCCC)OC(COC(COCCOCCCN)COCCOCCCN)COC(COCCOCCCN)COCCOCCCN. The average Bonchev–Trinajstić information content (AvgIpc) is 0.919. The molecule has 0 heterocycles. The van der Waals surface area contributed by atoms with E-state index in [2.05, 4.69) is 49.6 Å². The van der Waals surface area contributed by atoms with Gasteiger partial charge in [0.2, 0.25) is 0 Å². The van der Waals surface area contributed by atoms with E-state index in [9.17, 15) is 0 Å². The molecule has 0 aromatic rings. The smallest absolute Gasteiger partial charge is 0.105 e. The summed E-state index contributed by atoms with van der Waals surface area (Å²) >= 11 is 0. The standard InChI is InChI=1S/C58H126N8O21.16CH4/c1-5-17-63-83-37-33-75-45-55(46-76-34-38-84-64-18-6-2)81-51-58(52-82-56(47-77-35-39-85-65-19-7-3)48-78-36-40-86-66-20-8-4)87-57(49-79-53(41-71-29-25-67-21-9-13-59)42-72-30-26-68-22-10-14-60)50-80-54(43-73-31-27-69-23-11-15-61)44-74-32-28-70-24-12-16-62;;;;;;;;;;;;;;;;/h53-58,63-66H,5-52,59-62H2,1-4H3;16*1H4. The van der Waals surface area contributed by atoms with Crippen LogP contribution in [0.3, 0.4) is 0 Å². The Morgan fingerprint density at radius 2 is 0.369 bits per heavy atom. The highest BCUT2D eigenvalue weighted by Crippen LogP contribution is 2.12. The first-order valence-corrected chi connectivity index (χ1v) is 32.2. The van der Waals surface area contributed by atoms with Gasteiger partial charge in [-0.2, -0.15) is 0 Å². The molecule has 0 bridgehead atoms. The zero-order valence-corrected chi connectivity index (χ0v) is 54.3. The summed E-state index contributed by atoms with van der Waals surface area (Å²) in [5.74, 6) is 0. The van der Waals surface area contributed by atoms with Crippen molar-refractivity contribution in [2.75, 3.05) is 264 Å². The highest BCUT2D eigenvalue weighted by Gasteiger charge is 2.26. The Kier molecular flexibility index (Phi) is 174. The minimum absolute atomic E-state index is 0. The van der Waals surface area contributed by atoms with Gasteiger partial charge in [-0.1, -0.05) is 147 Å². The highest BCUT2D eigenvalue weighted by atomic mass is 16.7. The third-order valence-corrected chi connectivity index (χ3v) is 11.5. The molecule has 29 nitrogen and oxygen atoms in total. The van der Waals surface area contributed by atoms with Crippen molar-refractivity contribution in [3.63, 3.8) is 0 Å². The molecule has 0 aliphatic carbocycles. The molecule has 0 saturated heterocycles. The molecular weight excluding hydrogens is 1340 g/mol. The molecule has 0 radical (unpaired) electrons. The van der Waals surface area contributed by atoms with E-state index in [0.29, 0.717) is 158 Å². The lowest BCUT2D eigenvalue weighted by Crippen LogP contribution is -2.42. The number of rotatable bonds is 78. The van der Waals surface area contributed by atoms with Crippen LogP contribution in [0.2, 0.25) is 0 Å². The number of ether oxygens (including phenoxy) is 17. The number of nitrogens with two attached hydrogens (primary N) is 4. The van der Waals surface area contributed by atoms with E-state index in [0.717, 1.165) is 77.5 Å². The Morgan fingerprint density at radius 1 is 0.204 bits per heavy atom. The molecule has 0 rings (SSSR count). The van der Waals surface area contributed by atoms with Crippen LogP contribution in [0.1, 0.15) is 198 Å². The Labute approximate surface area is 640 Å². The fourth-order valence-electron chi connectivity index (χ4n) is 6.80. The molecule has 12 N–H and O–H groups in total. The normalized spacial score (nSPS) is 10.3. The average molecular weight is 1530 g/mol. The molecule has 0 aromatic carbocycles. The molecule has 0 aliphatic rings. The van der Waals surface area contributed by atoms with Gasteiger partial charge >= 0.3 is 0 Å². The monoisotopic (exact) mass is 1530 g/mol. The van der Waals surface area contributed by atoms with Gasteiger partial charge in [0, 0.05) is 52.6 Å². The van der Waals surface area contributed by atoms with Crippen molar-refractivity contribution < 1.29 is 99.9 Å². The summed E-state index contributed by atoms with van der Waals surface area (Å²) in [6.07, 6.45) is 3.14. The van der Waals surface area contributed by atoms with E-state index >= 15 is 0 Å². The molecule has 0 aliphatic heterocycles. The van der Waals surface area contributed by atoms with E-state index in [-0.39, 0.29) is 198 Å². The third-order valence-electron chi connectivity index (χ3n) is 11.5. The van der Waals surface area contributed by atoms with Gasteiger partial charge in [0.05, 0.1) is 185 Å². The first kappa shape index (κ1) is 144. The second-order valence-corrected chi connectivity index (χ2v) is 19.8. The van der Waals surface area contributed by atoms with Crippen molar-refractivity contribution in [3.8, 4) is 0 Å². The van der Waals surface area contributed by atoms with Gasteiger partial charge in [0.25, 0.3) is 0 Å². The van der Waals surface area contributed by atoms with Crippen LogP contribution in [0.4, 0.5) is 0 Å². The van der Waals surface area contributed by atoms with Crippen LogP contribution in [-0.2, 0) is 99.9 Å². The van der Waals surface area contributed by atoms with E-state index in [1.807, 2.05) is 0 Å². The molecule has 103 heavy (non-hydrogen) atoms. The van der Waals surface area contributed by atoms with Gasteiger partial charge < -0.3 is 103 Å². The van der Waals surface area contributed by atoms with Crippen molar-refractivity contribution in [1.29, 1.82) is 0 Å². The van der Waals surface area contributed by atoms with Crippen LogP contribution in [-0.4, -0.2) is 300 Å². The maximum Gasteiger partial charge on any atom is 0.105 e. The molecular formula is C74H190N8O21. The summed E-state index contributed by atoms with van der Waals surface area (Å²) in [6.45, 7) is 22.7. The lowest BCUT2D eigenvalue weighted by Gasteiger charge is -2.30. The molecule has 0 saturated carbocycles. The summed E-state index contributed by atoms with van der Waals surface area (Å²) in [7, 11) is 0. The zero-order valence-electron chi connectivity index (χ0n) is 54.3. The lowest BCUT2D eigenvalue weighted by molar-refractivity contribution is -0.180. The van der Waals surface area contributed by atoms with Crippen LogP contribution in [0.5, 0.6) is 0 Å². The van der Waals surface area contributed by atoms with E-state index in [1.54, 1.807) is 0 Å². The van der Waals surface area contributed by atoms with E-state index in [1.165, 1.54) is 0 Å². The summed E-state index contributed by atoms with van der Waals surface area (Å²) in [6, 6.07) is 0. The molecule has 0 unspecified atom stereocenters. The highest BCUT2D eigenvalue weighted by molar-refractivity contribution is 4.70. The molecule has 0 spiro atoms. The van der Waals surface area contributed by atoms with Gasteiger partial charge in [-0.05, 0) is 77.5 Å². The quantitative estimate of drug-likeness (QED) is 0.0207. The number of nitrogens with one attached hydrogen (secondary N) is 4. The van der Waals surface area contributed by atoms with E-state index < -0.39 is 36.6 Å². The van der Waals surface area contributed by atoms with Crippen molar-refractivity contribution in [3.05, 3.63) is 0 Å². The van der Waals surface area contributed by atoms with Crippen molar-refractivity contribution in [2.24, 2.45) is 22.9 Å². The molecule has 652 valence electrons. The summed E-state index contributed by atoms with van der Waals surface area (Å²) in [5.41, 5.74) is 34.4. The first-order chi connectivity index (χ1) is 43.0. The molecule has 0 atom stereocenters. The zero-order chi connectivity index (χ0) is 63.1. The number of hydrogen-bond donors (Lipinski definition) is 8. The minimum atomic E-state index is -0.733. The number of hydrogen-bond acceptors (Lipinski definition) is 29. The summed E-state index contributed by atoms with van der Waals surface area (Å²) in [4.78, 5) is 22.1. The predicted molar refractivity (Wildman–Crippen MR) is 437 cm³/mol. The predicted octanol–water partition coefficient (Wildman–Crippen LogP) is 10.8. The fraction of sp³-hybridized carbons (Fsp3) is 1.00. The van der Waals surface area contributed by atoms with Crippen LogP contribution in [0.15, 0.2) is 0 Å². The largest absolute Gasteiger partial charge is 0.379 e. The maximum atomic E-state index is 7.04. The molecule has 29 heteroatoms. The fourth-order valence-corrected chi connectivity index (χ4v) is 6.80. The van der Waals surface area contributed by atoms with Crippen LogP contribution < -0.4 is 44.9 Å². The maximum absolute atomic E-state index is 7.04. The van der Waals surface area contributed by atoms with Gasteiger partial charge in [-0.3, -0.25) is 19.4 Å². The molecule has 0 aromatic heterocycles. The Bertz CT molecular complexity index is 1050. The second-order valence-electron chi connectivity index (χ2n) is 19.8. The Balaban J connectivity index is -0.000000308. The number of hydroxylamine groups is 4. The van der Waals surface area contributed by atoms with Gasteiger partial charge in [-0.15, -0.1) is 0 Å². The van der Waals surface area contributed by atoms with Crippen molar-refractivity contribution in [1.82, 2.24) is 21.9 Å².